The molecule has 2 amide bonds. The number of hydrogen-bond donors (Lipinski definition) is 3. The zero-order valence-corrected chi connectivity index (χ0v) is 15.1. The Morgan fingerprint density at radius 1 is 1.16 bits per heavy atom. The largest absolute Gasteiger partial charge is 0.394 e. The molecule has 0 fully saturated rings. The first-order valence-electron chi connectivity index (χ1n) is 7.77. The van der Waals surface area contributed by atoms with Crippen molar-refractivity contribution < 1.29 is 14.3 Å². The number of aliphatic hydroxyl groups excluding tert-OH is 1. The third kappa shape index (κ3) is 5.59. The molecular formula is C18H19Cl2FN2O2. The van der Waals surface area contributed by atoms with Crippen molar-refractivity contribution in [1.29, 1.82) is 0 Å². The first-order chi connectivity index (χ1) is 11.9. The fourth-order valence-electron chi connectivity index (χ4n) is 2.43. The molecule has 0 saturated heterocycles. The fraction of sp³-hybridized carbons (Fsp3) is 0.278. The number of halogens is 3. The maximum Gasteiger partial charge on any atom is 0.315 e. The number of urea groups is 1. The summed E-state index contributed by atoms with van der Waals surface area (Å²) in [6.07, 6.45) is 0.496. The number of amides is 2. The molecule has 0 bridgehead atoms. The highest BCUT2D eigenvalue weighted by Gasteiger charge is 2.17. The van der Waals surface area contributed by atoms with Crippen LogP contribution in [0.25, 0.3) is 0 Å². The van der Waals surface area contributed by atoms with E-state index in [1.807, 2.05) is 30.3 Å². The zero-order chi connectivity index (χ0) is 18.4. The van der Waals surface area contributed by atoms with E-state index in [0.717, 1.165) is 5.56 Å². The number of hydrogen-bond acceptors (Lipinski definition) is 2. The van der Waals surface area contributed by atoms with Crippen molar-refractivity contribution in [2.45, 2.75) is 25.4 Å². The highest BCUT2D eigenvalue weighted by molar-refractivity contribution is 6.35. The quantitative estimate of drug-likeness (QED) is 0.656. The summed E-state index contributed by atoms with van der Waals surface area (Å²) in [7, 11) is 0. The van der Waals surface area contributed by atoms with Crippen LogP contribution in [0.2, 0.25) is 10.0 Å². The van der Waals surface area contributed by atoms with Crippen LogP contribution in [-0.4, -0.2) is 23.8 Å². The summed E-state index contributed by atoms with van der Waals surface area (Å²) in [5.74, 6) is -0.604. The van der Waals surface area contributed by atoms with Crippen LogP contribution in [0.15, 0.2) is 42.5 Å². The second-order valence-electron chi connectivity index (χ2n) is 5.70. The highest BCUT2D eigenvalue weighted by atomic mass is 35.5. The van der Waals surface area contributed by atoms with Crippen molar-refractivity contribution in [3.63, 3.8) is 0 Å². The molecule has 0 aromatic heterocycles. The van der Waals surface area contributed by atoms with Crippen LogP contribution in [0.4, 0.5) is 9.18 Å². The molecule has 2 aromatic carbocycles. The molecule has 2 unspecified atom stereocenters. The van der Waals surface area contributed by atoms with E-state index in [1.165, 1.54) is 12.1 Å². The van der Waals surface area contributed by atoms with Crippen molar-refractivity contribution in [1.82, 2.24) is 10.6 Å². The van der Waals surface area contributed by atoms with Crippen LogP contribution >= 0.6 is 23.2 Å². The molecule has 0 aliphatic rings. The van der Waals surface area contributed by atoms with Gasteiger partial charge in [-0.1, -0.05) is 53.5 Å². The maximum atomic E-state index is 13.6. The molecule has 4 nitrogen and oxygen atoms in total. The SMILES string of the molecule is CC(NC(=O)NC(CO)Cc1ccccc1)c1cc(F)c(Cl)cc1Cl. The number of rotatable bonds is 6. The second-order valence-corrected chi connectivity index (χ2v) is 6.51. The van der Waals surface area contributed by atoms with Crippen molar-refractivity contribution in [3.8, 4) is 0 Å². The lowest BCUT2D eigenvalue weighted by atomic mass is 10.1. The van der Waals surface area contributed by atoms with Gasteiger partial charge in [0.1, 0.15) is 5.82 Å². The number of aliphatic hydroxyl groups is 1. The summed E-state index contributed by atoms with van der Waals surface area (Å²) in [5.41, 5.74) is 1.42. The molecule has 0 radical (unpaired) electrons. The summed E-state index contributed by atoms with van der Waals surface area (Å²) in [5, 5.41) is 15.0. The molecule has 2 rings (SSSR count). The van der Waals surface area contributed by atoms with Gasteiger partial charge in [-0.05, 0) is 36.6 Å². The summed E-state index contributed by atoms with van der Waals surface area (Å²) in [4.78, 5) is 12.2. The van der Waals surface area contributed by atoms with Gasteiger partial charge in [0.05, 0.1) is 23.7 Å². The maximum absolute atomic E-state index is 13.6. The molecule has 2 aromatic rings. The first kappa shape index (κ1) is 19.5. The van der Waals surface area contributed by atoms with Gasteiger partial charge in [-0.3, -0.25) is 0 Å². The van der Waals surface area contributed by atoms with Crippen LogP contribution in [0.3, 0.4) is 0 Å². The number of carbonyl (C=O) groups is 1. The lowest BCUT2D eigenvalue weighted by molar-refractivity contribution is 0.213. The van der Waals surface area contributed by atoms with Gasteiger partial charge in [-0.25, -0.2) is 9.18 Å². The summed E-state index contributed by atoms with van der Waals surface area (Å²) >= 11 is 11.7. The van der Waals surface area contributed by atoms with Gasteiger partial charge < -0.3 is 15.7 Å². The Morgan fingerprint density at radius 2 is 1.84 bits per heavy atom. The van der Waals surface area contributed by atoms with Crippen molar-refractivity contribution in [2.24, 2.45) is 0 Å². The van der Waals surface area contributed by atoms with Gasteiger partial charge in [0.2, 0.25) is 0 Å². The average Bonchev–Trinajstić information content (AvgIpc) is 2.58. The standard InChI is InChI=1S/C18H19Cl2FN2O2/c1-11(14-8-17(21)16(20)9-15(14)19)22-18(25)23-13(10-24)7-12-5-3-2-4-6-12/h2-6,8-9,11,13,24H,7,10H2,1H3,(H2,22,23,25). The van der Waals surface area contributed by atoms with E-state index in [1.54, 1.807) is 6.92 Å². The van der Waals surface area contributed by atoms with Gasteiger partial charge in [0, 0.05) is 5.02 Å². The van der Waals surface area contributed by atoms with Crippen LogP contribution in [-0.2, 0) is 6.42 Å². The molecule has 25 heavy (non-hydrogen) atoms. The minimum Gasteiger partial charge on any atom is -0.394 e. The molecule has 7 heteroatoms. The lowest BCUT2D eigenvalue weighted by Gasteiger charge is -2.20. The number of benzene rings is 2. The molecule has 2 atom stereocenters. The van der Waals surface area contributed by atoms with Crippen molar-refractivity contribution >= 4 is 29.2 Å². The minimum absolute atomic E-state index is 0.0754. The molecule has 0 heterocycles. The topological polar surface area (TPSA) is 61.4 Å². The Hall–Kier alpha value is -1.82. The summed E-state index contributed by atoms with van der Waals surface area (Å²) < 4.78 is 13.6. The molecule has 0 spiro atoms. The predicted molar refractivity (Wildman–Crippen MR) is 97.5 cm³/mol. The van der Waals surface area contributed by atoms with Gasteiger partial charge in [0.15, 0.2) is 0 Å². The molecule has 0 aliphatic heterocycles. The fourth-order valence-corrected chi connectivity index (χ4v) is 2.98. The first-order valence-corrected chi connectivity index (χ1v) is 8.52. The predicted octanol–water partition coefficient (Wildman–Crippen LogP) is 4.10. The second kappa shape index (κ2) is 9.04. The van der Waals surface area contributed by atoms with E-state index in [0.29, 0.717) is 12.0 Å². The number of nitrogens with one attached hydrogen (secondary N) is 2. The minimum atomic E-state index is -0.604. The van der Waals surface area contributed by atoms with Gasteiger partial charge >= 0.3 is 6.03 Å². The molecule has 0 saturated carbocycles. The Kier molecular flexibility index (Phi) is 7.05. The van der Waals surface area contributed by atoms with Crippen LogP contribution < -0.4 is 10.6 Å². The van der Waals surface area contributed by atoms with Crippen LogP contribution in [0.5, 0.6) is 0 Å². The van der Waals surface area contributed by atoms with Crippen LogP contribution in [0, 0.1) is 5.82 Å². The van der Waals surface area contributed by atoms with Crippen molar-refractivity contribution in [2.75, 3.05) is 6.61 Å². The smallest absolute Gasteiger partial charge is 0.315 e. The summed E-state index contributed by atoms with van der Waals surface area (Å²) in [6.45, 7) is 1.48. The van der Waals surface area contributed by atoms with E-state index in [9.17, 15) is 14.3 Å². The van der Waals surface area contributed by atoms with E-state index in [-0.39, 0.29) is 16.7 Å². The third-order valence-corrected chi connectivity index (χ3v) is 4.35. The third-order valence-electron chi connectivity index (χ3n) is 3.73. The molecular weight excluding hydrogens is 366 g/mol. The van der Waals surface area contributed by atoms with E-state index in [2.05, 4.69) is 10.6 Å². The van der Waals surface area contributed by atoms with E-state index >= 15 is 0 Å². The summed E-state index contributed by atoms with van der Waals surface area (Å²) in [6, 6.07) is 10.6. The van der Waals surface area contributed by atoms with Gasteiger partial charge in [0.25, 0.3) is 0 Å². The van der Waals surface area contributed by atoms with Crippen LogP contribution in [0.1, 0.15) is 24.1 Å². The van der Waals surface area contributed by atoms with Crippen molar-refractivity contribution in [3.05, 3.63) is 69.5 Å². The van der Waals surface area contributed by atoms with Gasteiger partial charge in [-0.2, -0.15) is 0 Å². The normalized spacial score (nSPS) is 13.2. The molecule has 0 aliphatic carbocycles. The Bertz CT molecular complexity index is 729. The molecule has 134 valence electrons. The Morgan fingerprint density at radius 3 is 2.48 bits per heavy atom. The van der Waals surface area contributed by atoms with E-state index < -0.39 is 23.9 Å². The van der Waals surface area contributed by atoms with Gasteiger partial charge in [-0.15, -0.1) is 0 Å². The lowest BCUT2D eigenvalue weighted by Crippen LogP contribution is -2.45. The highest BCUT2D eigenvalue weighted by Crippen LogP contribution is 2.28. The monoisotopic (exact) mass is 384 g/mol. The average molecular weight is 385 g/mol. The molecule has 3 N–H and O–H groups in total. The van der Waals surface area contributed by atoms with E-state index in [4.69, 9.17) is 23.2 Å². The zero-order valence-electron chi connectivity index (χ0n) is 13.6. The Balaban J connectivity index is 1.97. The Labute approximate surface area is 156 Å². The number of carbonyl (C=O) groups excluding carboxylic acids is 1.